The first-order valence-corrected chi connectivity index (χ1v) is 6.37. The molecule has 0 amide bonds. The fourth-order valence-corrected chi connectivity index (χ4v) is 2.30. The van der Waals surface area contributed by atoms with Gasteiger partial charge in [-0.25, -0.2) is 4.98 Å². The second-order valence-corrected chi connectivity index (χ2v) is 4.61. The first-order chi connectivity index (χ1) is 9.79. The summed E-state index contributed by atoms with van der Waals surface area (Å²) in [5, 5.41) is 9.10. The minimum atomic E-state index is 0.458. The van der Waals surface area contributed by atoms with Crippen LogP contribution in [0.15, 0.2) is 60.9 Å². The van der Waals surface area contributed by atoms with Gasteiger partial charge in [-0.2, -0.15) is 5.26 Å². The number of benzene rings is 2. The zero-order chi connectivity index (χ0) is 13.9. The fraction of sp³-hybridized carbons (Fsp3) is 0.0588. The SMILES string of the molecule is Cn1cnc(C#N)c1-c1ccc(-c2ccccc2)cc1. The summed E-state index contributed by atoms with van der Waals surface area (Å²) in [5.41, 5.74) is 4.66. The standard InChI is InChI=1S/C17H13N3/c1-20-12-19-16(11-18)17(20)15-9-7-14(8-10-15)13-5-3-2-4-6-13/h2-10,12H,1H3. The highest BCUT2D eigenvalue weighted by atomic mass is 15.0. The van der Waals surface area contributed by atoms with Crippen molar-refractivity contribution in [2.45, 2.75) is 0 Å². The van der Waals surface area contributed by atoms with Gasteiger partial charge in [-0.15, -0.1) is 0 Å². The van der Waals surface area contributed by atoms with Gasteiger partial charge in [-0.3, -0.25) is 0 Å². The number of aromatic nitrogens is 2. The molecule has 0 radical (unpaired) electrons. The van der Waals surface area contributed by atoms with Gasteiger partial charge in [-0.05, 0) is 11.1 Å². The van der Waals surface area contributed by atoms with Crippen molar-refractivity contribution in [1.29, 1.82) is 5.26 Å². The van der Waals surface area contributed by atoms with Crippen LogP contribution in [-0.4, -0.2) is 9.55 Å². The Kier molecular flexibility index (Phi) is 3.06. The van der Waals surface area contributed by atoms with E-state index in [1.165, 1.54) is 5.56 Å². The summed E-state index contributed by atoms with van der Waals surface area (Å²) in [6.45, 7) is 0. The number of nitrogens with zero attached hydrogens (tertiary/aromatic N) is 3. The number of aryl methyl sites for hydroxylation is 1. The van der Waals surface area contributed by atoms with Gasteiger partial charge in [0.15, 0.2) is 5.69 Å². The zero-order valence-electron chi connectivity index (χ0n) is 11.1. The van der Waals surface area contributed by atoms with Gasteiger partial charge in [0.2, 0.25) is 0 Å². The molecule has 0 aliphatic rings. The smallest absolute Gasteiger partial charge is 0.166 e. The fourth-order valence-electron chi connectivity index (χ4n) is 2.30. The van der Waals surface area contributed by atoms with Crippen LogP contribution < -0.4 is 0 Å². The topological polar surface area (TPSA) is 41.6 Å². The van der Waals surface area contributed by atoms with Crippen molar-refractivity contribution >= 4 is 0 Å². The predicted molar refractivity (Wildman–Crippen MR) is 78.8 cm³/mol. The summed E-state index contributed by atoms with van der Waals surface area (Å²) < 4.78 is 1.87. The summed E-state index contributed by atoms with van der Waals surface area (Å²) in [6, 6.07) is 20.5. The quantitative estimate of drug-likeness (QED) is 0.705. The highest BCUT2D eigenvalue weighted by Crippen LogP contribution is 2.26. The maximum absolute atomic E-state index is 9.10. The molecule has 2 aromatic carbocycles. The van der Waals surface area contributed by atoms with E-state index in [9.17, 15) is 0 Å². The van der Waals surface area contributed by atoms with Crippen molar-refractivity contribution in [3.05, 3.63) is 66.6 Å². The molecule has 0 saturated carbocycles. The van der Waals surface area contributed by atoms with E-state index >= 15 is 0 Å². The third-order valence-electron chi connectivity index (χ3n) is 3.31. The molecule has 0 fully saturated rings. The number of imidazole rings is 1. The molecule has 0 atom stereocenters. The van der Waals surface area contributed by atoms with Crippen molar-refractivity contribution in [1.82, 2.24) is 9.55 Å². The minimum Gasteiger partial charge on any atom is -0.333 e. The maximum atomic E-state index is 9.10. The Morgan fingerprint density at radius 3 is 2.15 bits per heavy atom. The molecule has 1 aromatic heterocycles. The lowest BCUT2D eigenvalue weighted by atomic mass is 10.0. The highest BCUT2D eigenvalue weighted by molar-refractivity contribution is 5.71. The van der Waals surface area contributed by atoms with Gasteiger partial charge >= 0.3 is 0 Å². The number of hydrogen-bond donors (Lipinski definition) is 0. The van der Waals surface area contributed by atoms with Crippen LogP contribution in [0.5, 0.6) is 0 Å². The van der Waals surface area contributed by atoms with Crippen LogP contribution in [0.2, 0.25) is 0 Å². The molecule has 20 heavy (non-hydrogen) atoms. The van der Waals surface area contributed by atoms with E-state index in [1.54, 1.807) is 6.33 Å². The van der Waals surface area contributed by atoms with Gasteiger partial charge in [0.1, 0.15) is 6.07 Å². The molecule has 3 rings (SSSR count). The summed E-state index contributed by atoms with van der Waals surface area (Å²) in [5.74, 6) is 0. The van der Waals surface area contributed by atoms with Gasteiger partial charge in [-0.1, -0.05) is 54.6 Å². The van der Waals surface area contributed by atoms with Crippen molar-refractivity contribution in [2.24, 2.45) is 7.05 Å². The van der Waals surface area contributed by atoms with Gasteiger partial charge in [0.25, 0.3) is 0 Å². The molecule has 0 N–H and O–H groups in total. The van der Waals surface area contributed by atoms with Crippen molar-refractivity contribution < 1.29 is 0 Å². The third kappa shape index (κ3) is 2.08. The molecule has 0 aliphatic heterocycles. The Hall–Kier alpha value is -2.86. The van der Waals surface area contributed by atoms with Crippen molar-refractivity contribution in [2.75, 3.05) is 0 Å². The predicted octanol–water partition coefficient (Wildman–Crippen LogP) is 3.63. The number of rotatable bonds is 2. The van der Waals surface area contributed by atoms with Gasteiger partial charge in [0.05, 0.1) is 12.0 Å². The molecule has 0 saturated heterocycles. The lowest BCUT2D eigenvalue weighted by molar-refractivity contribution is 0.921. The van der Waals surface area contributed by atoms with Crippen molar-refractivity contribution in [3.63, 3.8) is 0 Å². The van der Waals surface area contributed by atoms with E-state index in [-0.39, 0.29) is 0 Å². The average Bonchev–Trinajstić information content (AvgIpc) is 2.89. The van der Waals surface area contributed by atoms with Crippen LogP contribution in [0.3, 0.4) is 0 Å². The molecule has 0 aliphatic carbocycles. The van der Waals surface area contributed by atoms with E-state index in [2.05, 4.69) is 35.3 Å². The largest absolute Gasteiger partial charge is 0.333 e. The summed E-state index contributed by atoms with van der Waals surface area (Å²) in [7, 11) is 1.90. The average molecular weight is 259 g/mol. The van der Waals surface area contributed by atoms with Crippen LogP contribution in [0, 0.1) is 11.3 Å². The first kappa shape index (κ1) is 12.2. The first-order valence-electron chi connectivity index (χ1n) is 6.37. The zero-order valence-corrected chi connectivity index (χ0v) is 11.1. The van der Waals surface area contributed by atoms with Crippen molar-refractivity contribution in [3.8, 4) is 28.5 Å². The van der Waals surface area contributed by atoms with Crippen LogP contribution >= 0.6 is 0 Å². The molecule has 0 spiro atoms. The van der Waals surface area contributed by atoms with E-state index in [0.29, 0.717) is 5.69 Å². The van der Waals surface area contributed by atoms with Crippen LogP contribution in [0.25, 0.3) is 22.4 Å². The normalized spacial score (nSPS) is 10.2. The minimum absolute atomic E-state index is 0.458. The van der Waals surface area contributed by atoms with Crippen LogP contribution in [0.4, 0.5) is 0 Å². The molecule has 96 valence electrons. The molecular formula is C17H13N3. The second kappa shape index (κ2) is 5.02. The molecule has 1 heterocycles. The summed E-state index contributed by atoms with van der Waals surface area (Å²) >= 11 is 0. The van der Waals surface area contributed by atoms with E-state index in [4.69, 9.17) is 5.26 Å². The number of hydrogen-bond acceptors (Lipinski definition) is 2. The lowest BCUT2D eigenvalue weighted by Gasteiger charge is -2.06. The second-order valence-electron chi connectivity index (χ2n) is 4.61. The van der Waals surface area contributed by atoms with E-state index in [1.807, 2.05) is 41.9 Å². The highest BCUT2D eigenvalue weighted by Gasteiger charge is 2.10. The molecular weight excluding hydrogens is 246 g/mol. The molecule has 0 unspecified atom stereocenters. The Bertz CT molecular complexity index is 762. The molecule has 3 heteroatoms. The van der Waals surface area contributed by atoms with Gasteiger partial charge < -0.3 is 4.57 Å². The monoisotopic (exact) mass is 259 g/mol. The maximum Gasteiger partial charge on any atom is 0.166 e. The summed E-state index contributed by atoms with van der Waals surface area (Å²) in [4.78, 5) is 4.09. The number of nitriles is 1. The molecule has 3 aromatic rings. The Morgan fingerprint density at radius 2 is 1.50 bits per heavy atom. The third-order valence-corrected chi connectivity index (χ3v) is 3.31. The van der Waals surface area contributed by atoms with Gasteiger partial charge in [0, 0.05) is 12.6 Å². The lowest BCUT2D eigenvalue weighted by Crippen LogP contribution is -1.91. The Labute approximate surface area is 117 Å². The Balaban J connectivity index is 2.02. The van der Waals surface area contributed by atoms with E-state index < -0.39 is 0 Å². The Morgan fingerprint density at radius 1 is 0.900 bits per heavy atom. The molecule has 0 bridgehead atoms. The molecule has 3 nitrogen and oxygen atoms in total. The van der Waals surface area contributed by atoms with Crippen LogP contribution in [0.1, 0.15) is 5.69 Å². The van der Waals surface area contributed by atoms with E-state index in [0.717, 1.165) is 16.8 Å². The summed E-state index contributed by atoms with van der Waals surface area (Å²) in [6.07, 6.45) is 1.67. The van der Waals surface area contributed by atoms with Crippen LogP contribution in [-0.2, 0) is 7.05 Å².